The third-order valence-electron chi connectivity index (χ3n) is 10.1. The van der Waals surface area contributed by atoms with E-state index in [2.05, 4.69) is 173 Å². The highest BCUT2D eigenvalue weighted by Gasteiger charge is 2.52. The molecule has 0 saturated heterocycles. The molecule has 0 aromatic heterocycles. The Morgan fingerprint density at radius 3 is 1.71 bits per heavy atom. The lowest BCUT2D eigenvalue weighted by Crippen LogP contribution is -2.25. The van der Waals surface area contributed by atoms with Gasteiger partial charge in [0.15, 0.2) is 0 Å². The van der Waals surface area contributed by atoms with Gasteiger partial charge in [-0.1, -0.05) is 160 Å². The topological polar surface area (TPSA) is 52.0 Å². The van der Waals surface area contributed by atoms with Gasteiger partial charge in [0, 0.05) is 0 Å². The first-order valence-corrected chi connectivity index (χ1v) is 17.7. The van der Waals surface area contributed by atoms with Gasteiger partial charge in [0.1, 0.15) is 0 Å². The molecule has 2 aliphatic carbocycles. The second kappa shape index (κ2) is 13.7. The van der Waals surface area contributed by atoms with Crippen LogP contribution in [0.15, 0.2) is 176 Å². The number of hydrogen-bond donors (Lipinski definition) is 2. The van der Waals surface area contributed by atoms with Crippen LogP contribution in [-0.2, 0) is 5.41 Å². The van der Waals surface area contributed by atoms with Crippen molar-refractivity contribution in [3.05, 3.63) is 204 Å². The number of hydrogen-bond acceptors (Lipinski definition) is 2. The molecule has 1 spiro atoms. The Hall–Kier alpha value is -6.12. The molecule has 4 N–H and O–H groups in total. The zero-order valence-electron chi connectivity index (χ0n) is 29.7. The number of aryl methyl sites for hydroxylation is 1. The monoisotopic (exact) mass is 660 g/mol. The second-order valence-corrected chi connectivity index (χ2v) is 13.4. The molecule has 0 radical (unpaired) electrons. The van der Waals surface area contributed by atoms with Crippen molar-refractivity contribution < 1.29 is 0 Å². The molecule has 0 amide bonds. The van der Waals surface area contributed by atoms with E-state index in [1.807, 2.05) is 0 Å². The van der Waals surface area contributed by atoms with E-state index in [-0.39, 0.29) is 5.41 Å². The minimum absolute atomic E-state index is 0.337. The largest absolute Gasteiger partial charge is 0.397 e. The number of nitrogens with two attached hydrogens (primary N) is 2. The van der Waals surface area contributed by atoms with E-state index in [9.17, 15) is 0 Å². The fourth-order valence-electron chi connectivity index (χ4n) is 7.81. The molecular weight excluding hydrogens is 617 g/mol. The summed E-state index contributed by atoms with van der Waals surface area (Å²) < 4.78 is 0. The van der Waals surface area contributed by atoms with Gasteiger partial charge in [0.25, 0.3) is 0 Å². The van der Waals surface area contributed by atoms with Crippen LogP contribution in [0.1, 0.15) is 48.1 Å². The zero-order valence-corrected chi connectivity index (χ0v) is 29.7. The summed E-state index contributed by atoms with van der Waals surface area (Å²) in [5.41, 5.74) is 26.0. The highest BCUT2D eigenvalue weighted by Crippen LogP contribution is 2.64. The number of fused-ring (bicyclic) bond motifs is 13. The maximum Gasteiger partial charge on any atom is 0.0725 e. The number of rotatable bonds is 3. The first kappa shape index (κ1) is 33.4. The van der Waals surface area contributed by atoms with Crippen molar-refractivity contribution >= 4 is 21.5 Å². The summed E-state index contributed by atoms with van der Waals surface area (Å²) in [4.78, 5) is 0. The van der Waals surface area contributed by atoms with Gasteiger partial charge in [-0.25, -0.2) is 0 Å². The average Bonchev–Trinajstić information content (AvgIpc) is 3.64. The van der Waals surface area contributed by atoms with Crippen LogP contribution < -0.4 is 11.5 Å². The predicted octanol–water partition coefficient (Wildman–Crippen LogP) is 12.2. The van der Waals surface area contributed by atoms with Crippen molar-refractivity contribution in [2.24, 2.45) is 11.5 Å². The molecule has 7 aromatic rings. The first-order valence-electron chi connectivity index (χ1n) is 17.7. The van der Waals surface area contributed by atoms with E-state index >= 15 is 0 Å². The van der Waals surface area contributed by atoms with E-state index in [1.165, 1.54) is 101 Å². The van der Waals surface area contributed by atoms with E-state index in [0.29, 0.717) is 11.4 Å². The Morgan fingerprint density at radius 2 is 1.08 bits per heavy atom. The molecule has 51 heavy (non-hydrogen) atoms. The SMILES string of the molecule is C=C/C(N)=C(/N)C=C.CCC.Cc1ccc(-c2ccc3cc4c(cc3c2)C2(c3ccccc3-c3ccccc32)c2ccc3ccccc3c2-4)cc1. The minimum Gasteiger partial charge on any atom is -0.397 e. The van der Waals surface area contributed by atoms with Crippen LogP contribution in [-0.4, -0.2) is 0 Å². The maximum atomic E-state index is 5.29. The highest BCUT2D eigenvalue weighted by atomic mass is 14.7. The lowest BCUT2D eigenvalue weighted by molar-refractivity contribution is 0.795. The lowest BCUT2D eigenvalue weighted by atomic mass is 9.70. The summed E-state index contributed by atoms with van der Waals surface area (Å²) in [5.74, 6) is 0. The quantitative estimate of drug-likeness (QED) is 0.185. The van der Waals surface area contributed by atoms with Crippen LogP contribution in [0.25, 0.3) is 54.9 Å². The second-order valence-electron chi connectivity index (χ2n) is 13.4. The van der Waals surface area contributed by atoms with Crippen LogP contribution in [0.5, 0.6) is 0 Å². The van der Waals surface area contributed by atoms with Gasteiger partial charge in [-0.2, -0.15) is 0 Å². The molecule has 2 aliphatic rings. The van der Waals surface area contributed by atoms with Gasteiger partial charge < -0.3 is 11.5 Å². The van der Waals surface area contributed by atoms with Gasteiger partial charge >= 0.3 is 0 Å². The minimum atomic E-state index is -0.337. The van der Waals surface area contributed by atoms with Crippen LogP contribution >= 0.6 is 0 Å². The number of allylic oxidation sites excluding steroid dienone is 2. The van der Waals surface area contributed by atoms with Gasteiger partial charge in [0.05, 0.1) is 16.8 Å². The molecule has 0 heterocycles. The predicted molar refractivity (Wildman–Crippen MR) is 220 cm³/mol. The maximum absolute atomic E-state index is 5.29. The van der Waals surface area contributed by atoms with Crippen LogP contribution in [0.4, 0.5) is 0 Å². The van der Waals surface area contributed by atoms with Gasteiger partial charge in [-0.05, 0) is 114 Å². The Labute approximate surface area is 302 Å². The summed E-state index contributed by atoms with van der Waals surface area (Å²) in [6.07, 6.45) is 4.22. The molecule has 2 nitrogen and oxygen atoms in total. The zero-order chi connectivity index (χ0) is 35.7. The molecule has 0 bridgehead atoms. The summed E-state index contributed by atoms with van der Waals surface area (Å²) in [6, 6.07) is 52.5. The molecule has 7 aromatic carbocycles. The van der Waals surface area contributed by atoms with Crippen molar-refractivity contribution in [2.75, 3.05) is 0 Å². The smallest absolute Gasteiger partial charge is 0.0725 e. The standard InChI is InChI=1S/C40H26.C6H10N2.C3H8/c1-25-14-16-26(17-15-25)28-18-19-29-23-34-38(24-30(29)22-28)40(37-21-20-27-8-2-3-9-31(27)39(34)37)35-12-6-4-10-32(35)33-11-5-7-13-36(33)40;1-3-5(7)6(8)4-2;1-3-2/h2-24H,1H3;3-4H,1-2,7-8H2;3H2,1-2H3/b;6-5-;. The molecule has 250 valence electrons. The molecule has 2 heteroatoms. The first-order chi connectivity index (χ1) is 24.9. The average molecular weight is 661 g/mol. The van der Waals surface area contributed by atoms with Gasteiger partial charge in [0.2, 0.25) is 0 Å². The Kier molecular flexibility index (Phi) is 8.93. The van der Waals surface area contributed by atoms with Crippen LogP contribution in [0, 0.1) is 6.92 Å². The normalized spacial score (nSPS) is 13.1. The third-order valence-corrected chi connectivity index (χ3v) is 10.1. The van der Waals surface area contributed by atoms with Crippen molar-refractivity contribution in [2.45, 2.75) is 32.6 Å². The summed E-state index contributed by atoms with van der Waals surface area (Å²) in [7, 11) is 0. The Morgan fingerprint density at radius 1 is 0.529 bits per heavy atom. The Bertz CT molecular complexity index is 2420. The van der Waals surface area contributed by atoms with Crippen molar-refractivity contribution in [1.82, 2.24) is 0 Å². The van der Waals surface area contributed by atoms with E-state index in [4.69, 9.17) is 11.5 Å². The van der Waals surface area contributed by atoms with Gasteiger partial charge in [-0.3, -0.25) is 0 Å². The fraction of sp³-hybridized carbons (Fsp3) is 0.102. The molecule has 0 saturated carbocycles. The van der Waals surface area contributed by atoms with E-state index in [1.54, 1.807) is 0 Å². The summed E-state index contributed by atoms with van der Waals surface area (Å²) in [6.45, 7) is 13.2. The molecule has 0 atom stereocenters. The van der Waals surface area contributed by atoms with Crippen molar-refractivity contribution in [3.63, 3.8) is 0 Å². The number of benzene rings is 7. The molecule has 0 fully saturated rings. The highest BCUT2D eigenvalue weighted by molar-refractivity contribution is 6.08. The summed E-state index contributed by atoms with van der Waals surface area (Å²) in [5, 5.41) is 5.19. The molecular formula is C49H44N2. The van der Waals surface area contributed by atoms with Crippen molar-refractivity contribution in [1.29, 1.82) is 0 Å². The Balaban J connectivity index is 0.000000325. The van der Waals surface area contributed by atoms with Crippen LogP contribution in [0.3, 0.4) is 0 Å². The fourth-order valence-corrected chi connectivity index (χ4v) is 7.81. The van der Waals surface area contributed by atoms with E-state index < -0.39 is 0 Å². The van der Waals surface area contributed by atoms with Crippen molar-refractivity contribution in [3.8, 4) is 33.4 Å². The van der Waals surface area contributed by atoms with E-state index in [0.717, 1.165) is 0 Å². The summed E-state index contributed by atoms with van der Waals surface area (Å²) >= 11 is 0. The van der Waals surface area contributed by atoms with Crippen LogP contribution in [0.2, 0.25) is 0 Å². The van der Waals surface area contributed by atoms with Gasteiger partial charge in [-0.15, -0.1) is 0 Å². The lowest BCUT2D eigenvalue weighted by Gasteiger charge is -2.30. The molecule has 9 rings (SSSR count). The third kappa shape index (κ3) is 5.45. The molecule has 0 aliphatic heterocycles. The molecule has 0 unspecified atom stereocenters.